The van der Waals surface area contributed by atoms with E-state index >= 15 is 0 Å². The number of amides is 1. The fraction of sp³-hybridized carbons (Fsp3) is 0.650. The number of carbonyl (C=O) groups is 1. The van der Waals surface area contributed by atoms with Crippen LogP contribution in [0.3, 0.4) is 0 Å². The monoisotopic (exact) mass is 352 g/mol. The van der Waals surface area contributed by atoms with Crippen LogP contribution in [-0.2, 0) is 11.2 Å². The van der Waals surface area contributed by atoms with Crippen molar-refractivity contribution in [1.29, 1.82) is 0 Å². The number of benzene rings is 1. The zero-order valence-electron chi connectivity index (χ0n) is 15.5. The molecular formula is C20H33ClN2O. The second kappa shape index (κ2) is 10.0. The van der Waals surface area contributed by atoms with Gasteiger partial charge >= 0.3 is 0 Å². The van der Waals surface area contributed by atoms with Gasteiger partial charge < -0.3 is 10.6 Å². The minimum Gasteiger partial charge on any atom is -0.353 e. The average molecular weight is 353 g/mol. The van der Waals surface area contributed by atoms with Gasteiger partial charge in [-0.1, -0.05) is 30.7 Å². The number of hydrogen-bond acceptors (Lipinski definition) is 2. The van der Waals surface area contributed by atoms with Crippen molar-refractivity contribution >= 4 is 18.3 Å². The second-order valence-corrected chi connectivity index (χ2v) is 7.39. The Morgan fingerprint density at radius 2 is 2.08 bits per heavy atom. The highest BCUT2D eigenvalue weighted by Gasteiger charge is 2.22. The SMILES string of the molecule is Cc1ccc(CC(C)NC(=O)CC(C)C2CCCNC2)c(C)c1.Cl. The number of carbonyl (C=O) groups excluding carboxylic acids is 1. The molecule has 1 aliphatic heterocycles. The van der Waals surface area contributed by atoms with Gasteiger partial charge in [-0.2, -0.15) is 0 Å². The molecule has 1 saturated heterocycles. The smallest absolute Gasteiger partial charge is 0.220 e. The van der Waals surface area contributed by atoms with Crippen LogP contribution in [0.4, 0.5) is 0 Å². The van der Waals surface area contributed by atoms with Crippen molar-refractivity contribution in [3.8, 4) is 0 Å². The summed E-state index contributed by atoms with van der Waals surface area (Å²) in [5.74, 6) is 1.29. The third-order valence-corrected chi connectivity index (χ3v) is 5.08. The normalized spacial score (nSPS) is 19.9. The van der Waals surface area contributed by atoms with Gasteiger partial charge in [0.2, 0.25) is 5.91 Å². The summed E-state index contributed by atoms with van der Waals surface area (Å²) in [7, 11) is 0. The highest BCUT2D eigenvalue weighted by molar-refractivity contribution is 5.85. The summed E-state index contributed by atoms with van der Waals surface area (Å²) in [6.07, 6.45) is 4.03. The van der Waals surface area contributed by atoms with Crippen LogP contribution in [0.2, 0.25) is 0 Å². The average Bonchev–Trinajstić information content (AvgIpc) is 2.50. The molecule has 0 radical (unpaired) electrons. The number of piperidine rings is 1. The maximum absolute atomic E-state index is 12.3. The van der Waals surface area contributed by atoms with E-state index in [2.05, 4.69) is 56.5 Å². The van der Waals surface area contributed by atoms with Crippen LogP contribution in [0, 0.1) is 25.7 Å². The van der Waals surface area contributed by atoms with E-state index in [0.717, 1.165) is 19.5 Å². The highest BCUT2D eigenvalue weighted by atomic mass is 35.5. The van der Waals surface area contributed by atoms with Crippen molar-refractivity contribution in [2.24, 2.45) is 11.8 Å². The van der Waals surface area contributed by atoms with Gasteiger partial charge in [0, 0.05) is 12.5 Å². The van der Waals surface area contributed by atoms with E-state index < -0.39 is 0 Å². The van der Waals surface area contributed by atoms with Crippen LogP contribution in [0.1, 0.15) is 49.8 Å². The first kappa shape index (κ1) is 21.0. The minimum absolute atomic E-state index is 0. The first-order chi connectivity index (χ1) is 11.0. The summed E-state index contributed by atoms with van der Waals surface area (Å²) in [5, 5.41) is 6.62. The first-order valence-corrected chi connectivity index (χ1v) is 9.02. The topological polar surface area (TPSA) is 41.1 Å². The summed E-state index contributed by atoms with van der Waals surface area (Å²) < 4.78 is 0. The molecule has 24 heavy (non-hydrogen) atoms. The Balaban J connectivity index is 0.00000288. The van der Waals surface area contributed by atoms with E-state index in [0.29, 0.717) is 18.3 Å². The number of hydrogen-bond donors (Lipinski definition) is 2. The standard InChI is InChI=1S/C20H32N2O.ClH/c1-14-7-8-18(15(2)10-14)12-17(4)22-20(23)11-16(3)19-6-5-9-21-13-19;/h7-8,10,16-17,19,21H,5-6,9,11-13H2,1-4H3,(H,22,23);1H. The Labute approximate surface area is 153 Å². The van der Waals surface area contributed by atoms with Crippen molar-refractivity contribution in [2.75, 3.05) is 13.1 Å². The highest BCUT2D eigenvalue weighted by Crippen LogP contribution is 2.22. The first-order valence-electron chi connectivity index (χ1n) is 9.02. The molecule has 1 aromatic carbocycles. The van der Waals surface area contributed by atoms with Gasteiger partial charge in [0.25, 0.3) is 0 Å². The lowest BCUT2D eigenvalue weighted by Gasteiger charge is -2.28. The maximum atomic E-state index is 12.3. The van der Waals surface area contributed by atoms with Gasteiger partial charge in [-0.05, 0) is 76.1 Å². The van der Waals surface area contributed by atoms with Gasteiger partial charge in [-0.15, -0.1) is 12.4 Å². The molecular weight excluding hydrogens is 320 g/mol. The Hall–Kier alpha value is -1.06. The summed E-state index contributed by atoms with van der Waals surface area (Å²) in [6, 6.07) is 6.72. The van der Waals surface area contributed by atoms with Crippen LogP contribution >= 0.6 is 12.4 Å². The molecule has 3 atom stereocenters. The van der Waals surface area contributed by atoms with Gasteiger partial charge in [0.1, 0.15) is 0 Å². The molecule has 2 N–H and O–H groups in total. The lowest BCUT2D eigenvalue weighted by atomic mass is 9.85. The molecule has 3 unspecified atom stereocenters. The molecule has 136 valence electrons. The quantitative estimate of drug-likeness (QED) is 0.817. The third kappa shape index (κ3) is 6.45. The molecule has 1 amide bonds. The van der Waals surface area contributed by atoms with Crippen molar-refractivity contribution in [2.45, 2.75) is 59.4 Å². The summed E-state index contributed by atoms with van der Waals surface area (Å²) in [5.41, 5.74) is 3.93. The third-order valence-electron chi connectivity index (χ3n) is 5.08. The predicted octanol–water partition coefficient (Wildman–Crippen LogP) is 3.80. The predicted molar refractivity (Wildman–Crippen MR) is 104 cm³/mol. The lowest BCUT2D eigenvalue weighted by molar-refractivity contribution is -0.122. The van der Waals surface area contributed by atoms with Gasteiger partial charge in [0.15, 0.2) is 0 Å². The molecule has 2 rings (SSSR count). The molecule has 1 aliphatic rings. The van der Waals surface area contributed by atoms with Crippen LogP contribution in [-0.4, -0.2) is 25.0 Å². The minimum atomic E-state index is 0. The number of nitrogens with one attached hydrogen (secondary N) is 2. The Kier molecular flexibility index (Phi) is 8.79. The van der Waals surface area contributed by atoms with E-state index in [-0.39, 0.29) is 24.4 Å². The fourth-order valence-electron chi connectivity index (χ4n) is 3.61. The fourth-order valence-corrected chi connectivity index (χ4v) is 3.61. The van der Waals surface area contributed by atoms with E-state index in [9.17, 15) is 4.79 Å². The number of halogens is 1. The Morgan fingerprint density at radius 1 is 1.33 bits per heavy atom. The Bertz CT molecular complexity index is 526. The summed E-state index contributed by atoms with van der Waals surface area (Å²) in [6.45, 7) is 10.8. The van der Waals surface area contributed by atoms with Crippen LogP contribution in [0.15, 0.2) is 18.2 Å². The molecule has 4 heteroatoms. The second-order valence-electron chi connectivity index (χ2n) is 7.39. The number of rotatable bonds is 6. The van der Waals surface area contributed by atoms with Gasteiger partial charge in [-0.3, -0.25) is 4.79 Å². The molecule has 1 fully saturated rings. The molecule has 0 aliphatic carbocycles. The molecule has 0 saturated carbocycles. The van der Waals surface area contributed by atoms with Crippen molar-refractivity contribution in [3.63, 3.8) is 0 Å². The molecule has 1 heterocycles. The van der Waals surface area contributed by atoms with Crippen molar-refractivity contribution in [3.05, 3.63) is 34.9 Å². The van der Waals surface area contributed by atoms with E-state index in [1.807, 2.05) is 0 Å². The largest absolute Gasteiger partial charge is 0.353 e. The summed E-state index contributed by atoms with van der Waals surface area (Å²) >= 11 is 0. The molecule has 0 spiro atoms. The van der Waals surface area contributed by atoms with Crippen LogP contribution in [0.25, 0.3) is 0 Å². The Morgan fingerprint density at radius 3 is 2.71 bits per heavy atom. The maximum Gasteiger partial charge on any atom is 0.220 e. The zero-order chi connectivity index (χ0) is 16.8. The zero-order valence-corrected chi connectivity index (χ0v) is 16.3. The van der Waals surface area contributed by atoms with Gasteiger partial charge in [-0.25, -0.2) is 0 Å². The van der Waals surface area contributed by atoms with Crippen molar-refractivity contribution < 1.29 is 4.79 Å². The number of aryl methyl sites for hydroxylation is 2. The van der Waals surface area contributed by atoms with Gasteiger partial charge in [0.05, 0.1) is 0 Å². The van der Waals surface area contributed by atoms with Crippen LogP contribution in [0.5, 0.6) is 0 Å². The lowest BCUT2D eigenvalue weighted by Crippen LogP contribution is -2.38. The molecule has 0 bridgehead atoms. The molecule has 1 aromatic rings. The summed E-state index contributed by atoms with van der Waals surface area (Å²) in [4.78, 5) is 12.3. The van der Waals surface area contributed by atoms with E-state index in [1.165, 1.54) is 29.5 Å². The van der Waals surface area contributed by atoms with E-state index in [1.54, 1.807) is 0 Å². The van der Waals surface area contributed by atoms with E-state index in [4.69, 9.17) is 0 Å². The molecule has 0 aromatic heterocycles. The van der Waals surface area contributed by atoms with Crippen LogP contribution < -0.4 is 10.6 Å². The van der Waals surface area contributed by atoms with Crippen molar-refractivity contribution in [1.82, 2.24) is 10.6 Å². The molecule has 3 nitrogen and oxygen atoms in total.